The number of fused-ring (bicyclic) bond motifs is 1. The third kappa shape index (κ3) is 3.34. The molecule has 0 bridgehead atoms. The van der Waals surface area contributed by atoms with E-state index in [1.807, 2.05) is 13.0 Å². The summed E-state index contributed by atoms with van der Waals surface area (Å²) < 4.78 is 4.88. The molecule has 0 aliphatic rings. The highest BCUT2D eigenvalue weighted by atomic mass is 16.5. The number of H-pyrrole nitrogens is 1. The van der Waals surface area contributed by atoms with E-state index in [1.54, 1.807) is 25.1 Å². The van der Waals surface area contributed by atoms with Crippen LogP contribution in [-0.2, 0) is 9.53 Å². The van der Waals surface area contributed by atoms with Gasteiger partial charge in [-0.05, 0) is 38.1 Å². The number of hydrogen-bond donors (Lipinski definition) is 2. The second-order valence-electron chi connectivity index (χ2n) is 4.65. The smallest absolute Gasteiger partial charge is 0.325 e. The molecule has 21 heavy (non-hydrogen) atoms. The Morgan fingerprint density at radius 1 is 1.29 bits per heavy atom. The predicted molar refractivity (Wildman–Crippen MR) is 80.9 cm³/mol. The number of aromatic nitrogens is 1. The highest BCUT2D eigenvalue weighted by Crippen LogP contribution is 2.19. The van der Waals surface area contributed by atoms with Gasteiger partial charge in [-0.3, -0.25) is 9.59 Å². The number of nitrogens with two attached hydrogens (primary N) is 1. The molecule has 0 aliphatic carbocycles. The number of amides is 1. The molecule has 0 fully saturated rings. The molecular weight excluding hydrogens is 270 g/mol. The molecule has 6 heteroatoms. The van der Waals surface area contributed by atoms with Gasteiger partial charge in [-0.1, -0.05) is 0 Å². The van der Waals surface area contributed by atoms with E-state index in [1.165, 1.54) is 4.90 Å². The molecular formula is C15H19N3O3. The van der Waals surface area contributed by atoms with Gasteiger partial charge in [0.05, 0.1) is 6.61 Å². The van der Waals surface area contributed by atoms with Crippen molar-refractivity contribution < 1.29 is 14.3 Å². The molecule has 112 valence electrons. The van der Waals surface area contributed by atoms with Crippen LogP contribution in [0.5, 0.6) is 0 Å². The third-order valence-corrected chi connectivity index (χ3v) is 3.17. The molecule has 0 saturated carbocycles. The molecule has 0 unspecified atom stereocenters. The third-order valence-electron chi connectivity index (χ3n) is 3.17. The van der Waals surface area contributed by atoms with Gasteiger partial charge in [-0.2, -0.15) is 0 Å². The summed E-state index contributed by atoms with van der Waals surface area (Å²) in [5.41, 5.74) is 7.63. The largest absolute Gasteiger partial charge is 0.465 e. The number of ether oxygens (including phenoxy) is 1. The van der Waals surface area contributed by atoms with Crippen molar-refractivity contribution in [2.24, 2.45) is 0 Å². The van der Waals surface area contributed by atoms with Crippen molar-refractivity contribution in [3.8, 4) is 0 Å². The van der Waals surface area contributed by atoms with Crippen molar-refractivity contribution in [2.45, 2.75) is 13.8 Å². The lowest BCUT2D eigenvalue weighted by Crippen LogP contribution is -2.36. The average molecular weight is 289 g/mol. The van der Waals surface area contributed by atoms with Crippen LogP contribution in [0.4, 0.5) is 5.69 Å². The van der Waals surface area contributed by atoms with Crippen LogP contribution in [0.15, 0.2) is 24.3 Å². The molecule has 0 radical (unpaired) electrons. The van der Waals surface area contributed by atoms with Gasteiger partial charge in [-0.15, -0.1) is 0 Å². The van der Waals surface area contributed by atoms with Crippen molar-refractivity contribution in [1.82, 2.24) is 9.88 Å². The fourth-order valence-corrected chi connectivity index (χ4v) is 2.13. The van der Waals surface area contributed by atoms with Gasteiger partial charge in [0.2, 0.25) is 0 Å². The first-order valence-electron chi connectivity index (χ1n) is 6.88. The van der Waals surface area contributed by atoms with E-state index in [9.17, 15) is 9.59 Å². The Morgan fingerprint density at radius 3 is 2.71 bits per heavy atom. The first-order valence-corrected chi connectivity index (χ1v) is 6.88. The molecule has 1 aromatic heterocycles. The van der Waals surface area contributed by atoms with E-state index in [2.05, 4.69) is 4.98 Å². The van der Waals surface area contributed by atoms with Crippen molar-refractivity contribution >= 4 is 28.5 Å². The first kappa shape index (κ1) is 14.9. The van der Waals surface area contributed by atoms with E-state index in [0.717, 1.165) is 10.9 Å². The average Bonchev–Trinajstić information content (AvgIpc) is 2.87. The zero-order valence-corrected chi connectivity index (χ0v) is 12.2. The predicted octanol–water partition coefficient (Wildman–Crippen LogP) is 1.78. The minimum atomic E-state index is -0.409. The number of nitrogens with zero attached hydrogens (tertiary/aromatic N) is 1. The summed E-state index contributed by atoms with van der Waals surface area (Å²) in [7, 11) is 0. The van der Waals surface area contributed by atoms with Crippen LogP contribution in [0, 0.1) is 0 Å². The van der Waals surface area contributed by atoms with Gasteiger partial charge in [-0.25, -0.2) is 0 Å². The molecule has 1 heterocycles. The van der Waals surface area contributed by atoms with E-state index in [0.29, 0.717) is 24.5 Å². The summed E-state index contributed by atoms with van der Waals surface area (Å²) in [4.78, 5) is 28.4. The van der Waals surface area contributed by atoms with E-state index >= 15 is 0 Å². The van der Waals surface area contributed by atoms with Crippen LogP contribution in [0.2, 0.25) is 0 Å². The Labute approximate surface area is 122 Å². The number of aromatic amines is 1. The molecule has 2 aromatic rings. The molecule has 1 aromatic carbocycles. The van der Waals surface area contributed by atoms with Crippen molar-refractivity contribution in [2.75, 3.05) is 25.4 Å². The molecule has 6 nitrogen and oxygen atoms in total. The van der Waals surface area contributed by atoms with Crippen LogP contribution >= 0.6 is 0 Å². The lowest BCUT2D eigenvalue weighted by molar-refractivity contribution is -0.143. The van der Waals surface area contributed by atoms with Gasteiger partial charge >= 0.3 is 5.97 Å². The summed E-state index contributed by atoms with van der Waals surface area (Å²) in [6, 6.07) is 7.12. The quantitative estimate of drug-likeness (QED) is 0.648. The maximum absolute atomic E-state index is 12.4. The van der Waals surface area contributed by atoms with Crippen molar-refractivity contribution in [3.63, 3.8) is 0 Å². The number of nitrogens with one attached hydrogen (secondary N) is 1. The van der Waals surface area contributed by atoms with Crippen molar-refractivity contribution in [1.29, 1.82) is 0 Å². The fraction of sp³-hybridized carbons (Fsp3) is 0.333. The van der Waals surface area contributed by atoms with Crippen LogP contribution in [-0.4, -0.2) is 41.5 Å². The van der Waals surface area contributed by atoms with E-state index in [-0.39, 0.29) is 12.5 Å². The van der Waals surface area contributed by atoms with Crippen LogP contribution in [0.1, 0.15) is 24.3 Å². The number of anilines is 1. The Hall–Kier alpha value is -2.50. The number of likely N-dealkylation sites (N-methyl/N-ethyl adjacent to an activating group) is 1. The summed E-state index contributed by atoms with van der Waals surface area (Å²) in [5, 5.41) is 0.866. The highest BCUT2D eigenvalue weighted by Gasteiger charge is 2.19. The summed E-state index contributed by atoms with van der Waals surface area (Å²) >= 11 is 0. The first-order chi connectivity index (χ1) is 10.0. The molecule has 0 saturated heterocycles. The SMILES string of the molecule is CCOC(=O)CN(CC)C(=O)c1cc2cc(N)ccc2[nH]1. The second kappa shape index (κ2) is 6.30. The van der Waals surface area contributed by atoms with Gasteiger partial charge in [0.15, 0.2) is 0 Å². The summed E-state index contributed by atoms with van der Waals surface area (Å²) in [6.07, 6.45) is 0. The normalized spacial score (nSPS) is 10.6. The maximum Gasteiger partial charge on any atom is 0.325 e. The van der Waals surface area contributed by atoms with Gasteiger partial charge < -0.3 is 20.4 Å². The fourth-order valence-electron chi connectivity index (χ4n) is 2.13. The molecule has 0 atom stereocenters. The molecule has 3 N–H and O–H groups in total. The molecule has 0 spiro atoms. The number of carbonyl (C=O) groups excluding carboxylic acids is 2. The number of esters is 1. The zero-order valence-electron chi connectivity index (χ0n) is 12.2. The summed E-state index contributed by atoms with van der Waals surface area (Å²) in [6.45, 7) is 4.22. The number of hydrogen-bond acceptors (Lipinski definition) is 4. The Bertz CT molecular complexity index is 663. The topological polar surface area (TPSA) is 88.4 Å². The highest BCUT2D eigenvalue weighted by molar-refractivity contribution is 5.99. The minimum Gasteiger partial charge on any atom is -0.465 e. The number of nitrogen functional groups attached to an aromatic ring is 1. The number of benzene rings is 1. The Kier molecular flexibility index (Phi) is 4.47. The molecule has 0 aliphatic heterocycles. The van der Waals surface area contributed by atoms with Gasteiger partial charge in [0.25, 0.3) is 5.91 Å². The lowest BCUT2D eigenvalue weighted by atomic mass is 10.2. The zero-order chi connectivity index (χ0) is 15.4. The Balaban J connectivity index is 2.20. The van der Waals surface area contributed by atoms with Gasteiger partial charge in [0, 0.05) is 23.1 Å². The van der Waals surface area contributed by atoms with Crippen LogP contribution in [0.3, 0.4) is 0 Å². The lowest BCUT2D eigenvalue weighted by Gasteiger charge is -2.18. The Morgan fingerprint density at radius 2 is 2.05 bits per heavy atom. The number of carbonyl (C=O) groups is 2. The maximum atomic E-state index is 12.4. The standard InChI is InChI=1S/C15H19N3O3/c1-3-18(9-14(19)21-4-2)15(20)13-8-10-7-11(16)5-6-12(10)17-13/h5-8,17H,3-4,9,16H2,1-2H3. The minimum absolute atomic E-state index is 0.0549. The van der Waals surface area contributed by atoms with E-state index in [4.69, 9.17) is 10.5 Å². The van der Waals surface area contributed by atoms with Crippen LogP contribution in [0.25, 0.3) is 10.9 Å². The second-order valence-corrected chi connectivity index (χ2v) is 4.65. The van der Waals surface area contributed by atoms with Crippen LogP contribution < -0.4 is 5.73 Å². The number of rotatable bonds is 5. The molecule has 2 rings (SSSR count). The van der Waals surface area contributed by atoms with Crippen molar-refractivity contribution in [3.05, 3.63) is 30.0 Å². The summed E-state index contributed by atoms with van der Waals surface area (Å²) in [5.74, 6) is -0.645. The van der Waals surface area contributed by atoms with Gasteiger partial charge in [0.1, 0.15) is 12.2 Å². The monoisotopic (exact) mass is 289 g/mol. The van der Waals surface area contributed by atoms with E-state index < -0.39 is 5.97 Å². The molecule has 1 amide bonds.